The van der Waals surface area contributed by atoms with Crippen molar-refractivity contribution in [3.8, 4) is 16.9 Å². The van der Waals surface area contributed by atoms with E-state index in [0.29, 0.717) is 42.2 Å². The van der Waals surface area contributed by atoms with Gasteiger partial charge in [-0.1, -0.05) is 31.5 Å². The fraction of sp³-hybridized carbons (Fsp3) is 0.348. The van der Waals surface area contributed by atoms with Crippen molar-refractivity contribution >= 4 is 34.2 Å². The van der Waals surface area contributed by atoms with Gasteiger partial charge in [0.25, 0.3) is 0 Å². The molecule has 1 aliphatic heterocycles. The third-order valence-corrected chi connectivity index (χ3v) is 6.16. The van der Waals surface area contributed by atoms with E-state index in [4.69, 9.17) is 11.6 Å². The topological polar surface area (TPSA) is 69.6 Å². The molecule has 0 saturated carbocycles. The van der Waals surface area contributed by atoms with E-state index in [9.17, 15) is 14.3 Å². The number of nitrogens with zero attached hydrogens (tertiary/aromatic N) is 4. The summed E-state index contributed by atoms with van der Waals surface area (Å²) in [5.41, 5.74) is 1.03. The van der Waals surface area contributed by atoms with Gasteiger partial charge < -0.3 is 14.9 Å². The number of aromatic nitrogens is 2. The molecule has 1 amide bonds. The number of anilines is 1. The zero-order valence-corrected chi connectivity index (χ0v) is 18.2. The number of hydrogen-bond acceptors (Lipinski definition) is 5. The third-order valence-electron chi connectivity index (χ3n) is 5.85. The summed E-state index contributed by atoms with van der Waals surface area (Å²) < 4.78 is 14.4. The number of aromatic hydroxyl groups is 1. The van der Waals surface area contributed by atoms with E-state index in [1.165, 1.54) is 24.5 Å². The van der Waals surface area contributed by atoms with Crippen LogP contribution in [0.5, 0.6) is 5.75 Å². The van der Waals surface area contributed by atoms with Gasteiger partial charge in [-0.3, -0.25) is 4.79 Å². The zero-order valence-electron chi connectivity index (χ0n) is 17.5. The summed E-state index contributed by atoms with van der Waals surface area (Å²) in [5.74, 6) is 0.159. The molecule has 1 unspecified atom stereocenters. The molecule has 0 bridgehead atoms. The second kappa shape index (κ2) is 8.67. The Morgan fingerprint density at radius 1 is 1.26 bits per heavy atom. The molecule has 2 heterocycles. The maximum atomic E-state index is 14.4. The molecular formula is C23H24ClFN4O2. The van der Waals surface area contributed by atoms with Crippen molar-refractivity contribution in [1.82, 2.24) is 14.9 Å². The maximum absolute atomic E-state index is 14.4. The van der Waals surface area contributed by atoms with Crippen LogP contribution in [0, 0.1) is 5.82 Å². The van der Waals surface area contributed by atoms with Crippen LogP contribution in [0.2, 0.25) is 5.02 Å². The SMILES string of the molecule is CCC(=O)N1CCN(c2ncnc3cc(-c4c(O)cccc4F)c(Cl)cc23)C(CC)C1. The van der Waals surface area contributed by atoms with E-state index in [0.717, 1.165) is 17.6 Å². The van der Waals surface area contributed by atoms with Crippen LogP contribution in [0.25, 0.3) is 22.0 Å². The van der Waals surface area contributed by atoms with E-state index in [2.05, 4.69) is 21.8 Å². The molecule has 1 aliphatic rings. The van der Waals surface area contributed by atoms with Gasteiger partial charge in [0.15, 0.2) is 0 Å². The maximum Gasteiger partial charge on any atom is 0.222 e. The van der Waals surface area contributed by atoms with Gasteiger partial charge in [-0.05, 0) is 30.7 Å². The second-order valence-corrected chi connectivity index (χ2v) is 8.04. The summed E-state index contributed by atoms with van der Waals surface area (Å²) in [4.78, 5) is 25.2. The molecular weight excluding hydrogens is 419 g/mol. The first-order chi connectivity index (χ1) is 14.9. The molecule has 3 aromatic rings. The van der Waals surface area contributed by atoms with E-state index in [-0.39, 0.29) is 23.3 Å². The number of phenolic OH excluding ortho intramolecular Hbond substituents is 1. The molecule has 1 atom stereocenters. The molecule has 1 fully saturated rings. The van der Waals surface area contributed by atoms with Crippen LogP contribution in [0.3, 0.4) is 0 Å². The molecule has 1 saturated heterocycles. The minimum absolute atomic E-state index is 0.0488. The van der Waals surface area contributed by atoms with Crippen LogP contribution < -0.4 is 4.90 Å². The normalized spacial score (nSPS) is 16.7. The summed E-state index contributed by atoms with van der Waals surface area (Å²) >= 11 is 6.54. The van der Waals surface area contributed by atoms with Gasteiger partial charge in [-0.15, -0.1) is 0 Å². The Labute approximate surface area is 185 Å². The van der Waals surface area contributed by atoms with Gasteiger partial charge in [-0.25, -0.2) is 14.4 Å². The van der Waals surface area contributed by atoms with Crippen molar-refractivity contribution in [1.29, 1.82) is 0 Å². The molecule has 0 aliphatic carbocycles. The predicted octanol–water partition coefficient (Wildman–Crippen LogP) is 4.63. The molecule has 31 heavy (non-hydrogen) atoms. The number of halogens is 2. The van der Waals surface area contributed by atoms with Gasteiger partial charge >= 0.3 is 0 Å². The summed E-state index contributed by atoms with van der Waals surface area (Å²) in [6.07, 6.45) is 2.83. The Kier molecular flexibility index (Phi) is 5.96. The smallest absolute Gasteiger partial charge is 0.222 e. The number of rotatable bonds is 4. The lowest BCUT2D eigenvalue weighted by molar-refractivity contribution is -0.131. The number of hydrogen-bond donors (Lipinski definition) is 1. The van der Waals surface area contributed by atoms with E-state index in [1.54, 1.807) is 12.1 Å². The van der Waals surface area contributed by atoms with Gasteiger partial charge in [-0.2, -0.15) is 0 Å². The summed E-state index contributed by atoms with van der Waals surface area (Å²) in [6.45, 7) is 5.89. The summed E-state index contributed by atoms with van der Waals surface area (Å²) in [7, 11) is 0. The molecule has 4 rings (SSSR count). The molecule has 1 N–H and O–H groups in total. The fourth-order valence-corrected chi connectivity index (χ4v) is 4.45. The number of benzene rings is 2. The number of piperazine rings is 1. The van der Waals surface area contributed by atoms with Gasteiger partial charge in [0, 0.05) is 48.1 Å². The first-order valence-electron chi connectivity index (χ1n) is 10.4. The Morgan fingerprint density at radius 3 is 2.77 bits per heavy atom. The van der Waals surface area contributed by atoms with Crippen LogP contribution in [0.1, 0.15) is 26.7 Å². The van der Waals surface area contributed by atoms with Crippen molar-refractivity contribution in [2.75, 3.05) is 24.5 Å². The van der Waals surface area contributed by atoms with Crippen molar-refractivity contribution in [2.45, 2.75) is 32.7 Å². The predicted molar refractivity (Wildman–Crippen MR) is 120 cm³/mol. The molecule has 6 nitrogen and oxygen atoms in total. The first-order valence-corrected chi connectivity index (χ1v) is 10.8. The number of amides is 1. The Bertz CT molecular complexity index is 1120. The van der Waals surface area contributed by atoms with E-state index in [1.807, 2.05) is 11.8 Å². The van der Waals surface area contributed by atoms with Crippen LogP contribution in [-0.2, 0) is 4.79 Å². The minimum Gasteiger partial charge on any atom is -0.507 e. The van der Waals surface area contributed by atoms with Crippen LogP contribution in [0.4, 0.5) is 10.2 Å². The Hall–Kier alpha value is -2.93. The molecule has 0 radical (unpaired) electrons. The zero-order chi connectivity index (χ0) is 22.1. The molecule has 8 heteroatoms. The van der Waals surface area contributed by atoms with Crippen LogP contribution in [0.15, 0.2) is 36.7 Å². The molecule has 0 spiro atoms. The lowest BCUT2D eigenvalue weighted by Gasteiger charge is -2.42. The third kappa shape index (κ3) is 3.90. The molecule has 2 aromatic carbocycles. The minimum atomic E-state index is -0.557. The highest BCUT2D eigenvalue weighted by Crippen LogP contribution is 2.40. The highest BCUT2D eigenvalue weighted by molar-refractivity contribution is 6.34. The van der Waals surface area contributed by atoms with Crippen LogP contribution in [-0.4, -0.2) is 51.6 Å². The van der Waals surface area contributed by atoms with Gasteiger partial charge in [0.1, 0.15) is 23.7 Å². The van der Waals surface area contributed by atoms with Gasteiger partial charge in [0.2, 0.25) is 5.91 Å². The summed E-state index contributed by atoms with van der Waals surface area (Å²) in [5, 5.41) is 11.2. The second-order valence-electron chi connectivity index (χ2n) is 7.63. The molecule has 1 aromatic heterocycles. The van der Waals surface area contributed by atoms with Crippen LogP contribution >= 0.6 is 11.6 Å². The van der Waals surface area contributed by atoms with Gasteiger partial charge in [0.05, 0.1) is 11.1 Å². The number of fused-ring (bicyclic) bond motifs is 1. The largest absolute Gasteiger partial charge is 0.507 e. The summed E-state index contributed by atoms with van der Waals surface area (Å²) in [6, 6.07) is 7.67. The van der Waals surface area contributed by atoms with Crippen molar-refractivity contribution in [3.05, 3.63) is 47.5 Å². The van der Waals surface area contributed by atoms with Crippen molar-refractivity contribution < 1.29 is 14.3 Å². The highest BCUT2D eigenvalue weighted by Gasteiger charge is 2.30. The lowest BCUT2D eigenvalue weighted by atomic mass is 10.0. The van der Waals surface area contributed by atoms with Crippen molar-refractivity contribution in [3.63, 3.8) is 0 Å². The fourth-order valence-electron chi connectivity index (χ4n) is 4.20. The number of carbonyl (C=O) groups excluding carboxylic acids is 1. The quantitative estimate of drug-likeness (QED) is 0.637. The van der Waals surface area contributed by atoms with E-state index < -0.39 is 5.82 Å². The number of phenols is 1. The molecule has 162 valence electrons. The first kappa shape index (κ1) is 21.3. The Morgan fingerprint density at radius 2 is 2.06 bits per heavy atom. The van der Waals surface area contributed by atoms with Crippen molar-refractivity contribution in [2.24, 2.45) is 0 Å². The highest BCUT2D eigenvalue weighted by atomic mass is 35.5. The average molecular weight is 443 g/mol. The number of carbonyl (C=O) groups is 1. The van der Waals surface area contributed by atoms with E-state index >= 15 is 0 Å². The Balaban J connectivity index is 1.77. The lowest BCUT2D eigenvalue weighted by Crippen LogP contribution is -2.55. The average Bonchev–Trinajstić information content (AvgIpc) is 2.78. The standard InChI is InChI=1S/C23H24ClFN4O2/c1-3-14-12-28(21(31)4-2)8-9-29(14)23-16-10-17(24)15(11-19(16)26-13-27-23)22-18(25)6-5-7-20(22)30/h5-7,10-11,13-14,30H,3-4,8-9,12H2,1-2H3. The monoisotopic (exact) mass is 442 g/mol.